The zero-order valence-corrected chi connectivity index (χ0v) is 18.9. The number of nitrogens with zero attached hydrogens (tertiary/aromatic N) is 4. The van der Waals surface area contributed by atoms with Crippen molar-refractivity contribution in [2.75, 3.05) is 17.7 Å². The van der Waals surface area contributed by atoms with Gasteiger partial charge in [-0.2, -0.15) is 0 Å². The molecule has 0 aliphatic rings. The van der Waals surface area contributed by atoms with Crippen molar-refractivity contribution in [1.82, 2.24) is 24.8 Å². The summed E-state index contributed by atoms with van der Waals surface area (Å²) < 4.78 is 1.60. The SMILES string of the molecule is CNC(=O)c1cc(Nc2ccc3c(c2)c(NC(C)(C)c2ncccn2)cc(=O)n3C)ccn1. The summed E-state index contributed by atoms with van der Waals surface area (Å²) in [5, 5.41) is 10.2. The second-order valence-corrected chi connectivity index (χ2v) is 8.14. The largest absolute Gasteiger partial charge is 0.372 e. The van der Waals surface area contributed by atoms with Crippen LogP contribution in [0.1, 0.15) is 30.2 Å². The van der Waals surface area contributed by atoms with Gasteiger partial charge in [0, 0.05) is 61.2 Å². The van der Waals surface area contributed by atoms with Crippen molar-refractivity contribution in [3.05, 3.63) is 82.9 Å². The van der Waals surface area contributed by atoms with Crippen LogP contribution in [0.2, 0.25) is 0 Å². The van der Waals surface area contributed by atoms with E-state index in [-0.39, 0.29) is 11.5 Å². The van der Waals surface area contributed by atoms with Crippen LogP contribution in [-0.2, 0) is 12.6 Å². The number of carbonyl (C=O) groups excluding carboxylic acids is 1. The number of hydrogen-bond acceptors (Lipinski definition) is 7. The molecular weight excluding hydrogens is 418 g/mol. The highest BCUT2D eigenvalue weighted by Crippen LogP contribution is 2.30. The number of pyridine rings is 2. The molecule has 1 aromatic carbocycles. The number of rotatable bonds is 6. The second kappa shape index (κ2) is 8.70. The highest BCUT2D eigenvalue weighted by atomic mass is 16.1. The van der Waals surface area contributed by atoms with Gasteiger partial charge in [0.25, 0.3) is 11.5 Å². The van der Waals surface area contributed by atoms with Crippen LogP contribution in [0.4, 0.5) is 17.1 Å². The summed E-state index contributed by atoms with van der Waals surface area (Å²) in [7, 11) is 3.31. The molecular formula is C24H25N7O2. The molecule has 1 amide bonds. The van der Waals surface area contributed by atoms with Crippen LogP contribution in [0, 0.1) is 0 Å². The molecule has 9 nitrogen and oxygen atoms in total. The van der Waals surface area contributed by atoms with Crippen LogP contribution in [0.25, 0.3) is 10.9 Å². The maximum atomic E-state index is 12.6. The van der Waals surface area contributed by atoms with Gasteiger partial charge in [-0.05, 0) is 50.2 Å². The summed E-state index contributed by atoms with van der Waals surface area (Å²) in [6.45, 7) is 3.93. The summed E-state index contributed by atoms with van der Waals surface area (Å²) in [4.78, 5) is 37.3. The van der Waals surface area contributed by atoms with E-state index >= 15 is 0 Å². The van der Waals surface area contributed by atoms with E-state index in [0.717, 1.165) is 22.3 Å². The molecule has 0 saturated heterocycles. The van der Waals surface area contributed by atoms with Gasteiger partial charge in [0.05, 0.1) is 11.1 Å². The molecule has 0 radical (unpaired) electrons. The molecule has 0 unspecified atom stereocenters. The lowest BCUT2D eigenvalue weighted by Gasteiger charge is -2.27. The average Bonchev–Trinajstić information content (AvgIpc) is 2.82. The zero-order chi connectivity index (χ0) is 23.6. The van der Waals surface area contributed by atoms with Gasteiger partial charge in [-0.25, -0.2) is 9.97 Å². The van der Waals surface area contributed by atoms with Crippen LogP contribution in [-0.4, -0.2) is 32.5 Å². The predicted molar refractivity (Wildman–Crippen MR) is 129 cm³/mol. The summed E-state index contributed by atoms with van der Waals surface area (Å²) in [5.41, 5.74) is 2.55. The Balaban J connectivity index is 1.74. The summed E-state index contributed by atoms with van der Waals surface area (Å²) in [5.74, 6) is 0.357. The molecule has 0 bridgehead atoms. The van der Waals surface area contributed by atoms with Crippen LogP contribution in [0.15, 0.2) is 65.8 Å². The normalized spacial score (nSPS) is 11.3. The minimum atomic E-state index is -0.614. The number of anilines is 3. The standard InChI is InChI=1S/C24H25N7O2/c1-24(2,23-27-9-5-10-28-23)30-18-14-21(32)31(4)20-7-6-15(12-17(18)20)29-16-8-11-26-19(13-16)22(33)25-3/h5-14,30H,1-4H3,(H,25,33)(H,26,29). The lowest BCUT2D eigenvalue weighted by atomic mass is 10.0. The summed E-state index contributed by atoms with van der Waals surface area (Å²) >= 11 is 0. The van der Waals surface area contributed by atoms with Crippen LogP contribution in [0.5, 0.6) is 0 Å². The van der Waals surface area contributed by atoms with Crippen LogP contribution < -0.4 is 21.5 Å². The lowest BCUT2D eigenvalue weighted by Crippen LogP contribution is -2.31. The number of fused-ring (bicyclic) bond motifs is 1. The highest BCUT2D eigenvalue weighted by molar-refractivity contribution is 5.95. The average molecular weight is 444 g/mol. The number of carbonyl (C=O) groups is 1. The zero-order valence-electron chi connectivity index (χ0n) is 18.9. The Labute approximate surface area is 190 Å². The molecule has 3 aromatic heterocycles. The van der Waals surface area contributed by atoms with Gasteiger partial charge in [-0.1, -0.05) is 0 Å². The van der Waals surface area contributed by atoms with Crippen molar-refractivity contribution in [2.45, 2.75) is 19.4 Å². The Morgan fingerprint density at radius 2 is 1.70 bits per heavy atom. The van der Waals surface area contributed by atoms with E-state index in [9.17, 15) is 9.59 Å². The topological polar surface area (TPSA) is 114 Å². The molecule has 0 saturated carbocycles. The molecule has 0 atom stereocenters. The first-order chi connectivity index (χ1) is 15.8. The maximum absolute atomic E-state index is 12.6. The molecule has 168 valence electrons. The smallest absolute Gasteiger partial charge is 0.269 e. The number of nitrogens with one attached hydrogen (secondary N) is 3. The number of amides is 1. The fraction of sp³-hybridized carbons (Fsp3) is 0.208. The van der Waals surface area contributed by atoms with Gasteiger partial charge in [-0.3, -0.25) is 14.6 Å². The fourth-order valence-corrected chi connectivity index (χ4v) is 3.58. The summed E-state index contributed by atoms with van der Waals surface area (Å²) in [6.07, 6.45) is 4.96. The Morgan fingerprint density at radius 3 is 2.42 bits per heavy atom. The van der Waals surface area contributed by atoms with E-state index in [0.29, 0.717) is 17.2 Å². The number of aryl methyl sites for hydroxylation is 1. The third-order valence-electron chi connectivity index (χ3n) is 5.33. The van der Waals surface area contributed by atoms with Crippen molar-refractivity contribution in [1.29, 1.82) is 0 Å². The molecule has 4 aromatic rings. The van der Waals surface area contributed by atoms with Crippen molar-refractivity contribution in [2.24, 2.45) is 7.05 Å². The van der Waals surface area contributed by atoms with Gasteiger partial charge >= 0.3 is 0 Å². The maximum Gasteiger partial charge on any atom is 0.269 e. The summed E-state index contributed by atoms with van der Waals surface area (Å²) in [6, 6.07) is 12.5. The van der Waals surface area contributed by atoms with Crippen LogP contribution >= 0.6 is 0 Å². The second-order valence-electron chi connectivity index (χ2n) is 8.14. The van der Waals surface area contributed by atoms with Gasteiger partial charge in [-0.15, -0.1) is 0 Å². The van der Waals surface area contributed by atoms with Crippen molar-refractivity contribution in [3.63, 3.8) is 0 Å². The van der Waals surface area contributed by atoms with Crippen molar-refractivity contribution < 1.29 is 4.79 Å². The molecule has 4 rings (SSSR count). The fourth-order valence-electron chi connectivity index (χ4n) is 3.58. The third-order valence-corrected chi connectivity index (χ3v) is 5.33. The van der Waals surface area contributed by atoms with Gasteiger partial charge in [0.2, 0.25) is 0 Å². The van der Waals surface area contributed by atoms with Crippen LogP contribution in [0.3, 0.4) is 0 Å². The number of hydrogen-bond donors (Lipinski definition) is 3. The Hall–Kier alpha value is -4.27. The van der Waals surface area contributed by atoms with E-state index in [2.05, 4.69) is 30.9 Å². The first-order valence-electron chi connectivity index (χ1n) is 10.4. The van der Waals surface area contributed by atoms with E-state index in [1.165, 1.54) is 0 Å². The minimum Gasteiger partial charge on any atom is -0.372 e. The molecule has 0 fully saturated rings. The third kappa shape index (κ3) is 4.52. The minimum absolute atomic E-state index is 0.125. The molecule has 0 aliphatic heterocycles. The number of aromatic nitrogens is 4. The predicted octanol–water partition coefficient (Wildman–Crippen LogP) is 3.17. The molecule has 33 heavy (non-hydrogen) atoms. The van der Waals surface area contributed by atoms with E-state index in [1.807, 2.05) is 32.0 Å². The lowest BCUT2D eigenvalue weighted by molar-refractivity contribution is 0.0958. The van der Waals surface area contributed by atoms with E-state index in [4.69, 9.17) is 0 Å². The van der Waals surface area contributed by atoms with Crippen molar-refractivity contribution >= 4 is 33.9 Å². The Kier molecular flexibility index (Phi) is 5.78. The quantitative estimate of drug-likeness (QED) is 0.419. The Bertz CT molecular complexity index is 1380. The van der Waals surface area contributed by atoms with Gasteiger partial charge in [0.15, 0.2) is 5.82 Å². The molecule has 3 heterocycles. The van der Waals surface area contributed by atoms with Gasteiger partial charge < -0.3 is 20.5 Å². The van der Waals surface area contributed by atoms with Gasteiger partial charge in [0.1, 0.15) is 5.69 Å². The first-order valence-corrected chi connectivity index (χ1v) is 10.4. The molecule has 9 heteroatoms. The Morgan fingerprint density at radius 1 is 0.970 bits per heavy atom. The first kappa shape index (κ1) is 21.9. The number of benzene rings is 1. The van der Waals surface area contributed by atoms with E-state index in [1.54, 1.807) is 61.5 Å². The monoisotopic (exact) mass is 443 g/mol. The van der Waals surface area contributed by atoms with E-state index < -0.39 is 5.54 Å². The highest BCUT2D eigenvalue weighted by Gasteiger charge is 2.24. The molecule has 0 aliphatic carbocycles. The van der Waals surface area contributed by atoms with Crippen molar-refractivity contribution in [3.8, 4) is 0 Å². The molecule has 3 N–H and O–H groups in total. The molecule has 0 spiro atoms.